The highest BCUT2D eigenvalue weighted by atomic mass is 16.6. The summed E-state index contributed by atoms with van der Waals surface area (Å²) in [6.07, 6.45) is -0.604. The van der Waals surface area contributed by atoms with Crippen LogP contribution >= 0.6 is 0 Å². The van der Waals surface area contributed by atoms with E-state index in [9.17, 15) is 25.0 Å². The number of hydrogen-bond donors (Lipinski definition) is 0. The second kappa shape index (κ2) is 6.78. The zero-order valence-electron chi connectivity index (χ0n) is 13.0. The van der Waals surface area contributed by atoms with Crippen molar-refractivity contribution in [2.45, 2.75) is 25.0 Å². The molecule has 0 aromatic heterocycles. The summed E-state index contributed by atoms with van der Waals surface area (Å²) in [6, 6.07) is 11.8. The van der Waals surface area contributed by atoms with Gasteiger partial charge >= 0.3 is 0 Å². The Morgan fingerprint density at radius 3 is 1.44 bits per heavy atom. The molecule has 8 heteroatoms. The number of ether oxygens (including phenoxy) is 1. The number of non-ortho nitro benzene ring substituents is 2. The molecule has 1 fully saturated rings. The third kappa shape index (κ3) is 3.69. The molecule has 25 heavy (non-hydrogen) atoms. The molecular weight excluding hydrogens is 328 g/mol. The monoisotopic (exact) mass is 342 g/mol. The van der Waals surface area contributed by atoms with Gasteiger partial charge in [-0.05, 0) is 35.4 Å². The Morgan fingerprint density at radius 1 is 0.760 bits per heavy atom. The average molecular weight is 342 g/mol. The number of carbonyl (C=O) groups is 1. The van der Waals surface area contributed by atoms with Gasteiger partial charge in [0, 0.05) is 37.1 Å². The number of Topliss-reactive ketones (excluding diaryl/α,β-unsaturated/α-hetero) is 1. The molecule has 3 rings (SSSR count). The van der Waals surface area contributed by atoms with Crippen LogP contribution in [-0.4, -0.2) is 15.6 Å². The maximum Gasteiger partial charge on any atom is 0.269 e. The lowest BCUT2D eigenvalue weighted by Crippen LogP contribution is -2.23. The number of hydrogen-bond acceptors (Lipinski definition) is 6. The number of carbonyl (C=O) groups excluding carboxylic acids is 1. The Hall–Kier alpha value is -3.13. The minimum atomic E-state index is -0.498. The van der Waals surface area contributed by atoms with Gasteiger partial charge in [-0.3, -0.25) is 25.0 Å². The predicted octanol–water partition coefficient (Wildman–Crippen LogP) is 3.66. The van der Waals surface area contributed by atoms with Crippen LogP contribution in [0.2, 0.25) is 0 Å². The van der Waals surface area contributed by atoms with E-state index in [1.54, 1.807) is 24.3 Å². The predicted molar refractivity (Wildman–Crippen MR) is 87.0 cm³/mol. The van der Waals surface area contributed by atoms with E-state index >= 15 is 0 Å². The number of nitrogens with zero attached hydrogens (tertiary/aromatic N) is 2. The number of nitro groups is 2. The van der Waals surface area contributed by atoms with E-state index in [1.165, 1.54) is 24.3 Å². The molecule has 8 nitrogen and oxygen atoms in total. The largest absolute Gasteiger partial charge is 0.365 e. The Labute approximate surface area is 142 Å². The number of ketones is 1. The Kier molecular flexibility index (Phi) is 4.53. The molecule has 0 amide bonds. The van der Waals surface area contributed by atoms with Crippen LogP contribution in [0.5, 0.6) is 0 Å². The maximum absolute atomic E-state index is 12.1. The average Bonchev–Trinajstić information content (AvgIpc) is 2.61. The minimum Gasteiger partial charge on any atom is -0.365 e. The molecular formula is C17H14N2O6. The number of nitro benzene ring substituents is 2. The van der Waals surface area contributed by atoms with Crippen LogP contribution in [0.4, 0.5) is 11.4 Å². The molecule has 1 aliphatic rings. The van der Waals surface area contributed by atoms with Crippen LogP contribution in [0.15, 0.2) is 48.5 Å². The first-order chi connectivity index (χ1) is 11.9. The van der Waals surface area contributed by atoms with Crippen molar-refractivity contribution >= 4 is 17.2 Å². The fraction of sp³-hybridized carbons (Fsp3) is 0.235. The molecule has 0 saturated carbocycles. The highest BCUT2D eigenvalue weighted by Crippen LogP contribution is 2.37. The van der Waals surface area contributed by atoms with Gasteiger partial charge in [0.2, 0.25) is 0 Å². The minimum absolute atomic E-state index is 0.0120. The fourth-order valence-electron chi connectivity index (χ4n) is 2.81. The van der Waals surface area contributed by atoms with Crippen LogP contribution in [-0.2, 0) is 9.53 Å². The summed E-state index contributed by atoms with van der Waals surface area (Å²) in [7, 11) is 0. The Morgan fingerprint density at radius 2 is 1.12 bits per heavy atom. The van der Waals surface area contributed by atoms with Crippen LogP contribution in [0, 0.1) is 20.2 Å². The first-order valence-electron chi connectivity index (χ1n) is 7.60. The van der Waals surface area contributed by atoms with Crippen LogP contribution in [0.1, 0.15) is 36.2 Å². The van der Waals surface area contributed by atoms with Crippen molar-refractivity contribution in [1.82, 2.24) is 0 Å². The molecule has 2 aromatic carbocycles. The van der Waals surface area contributed by atoms with Gasteiger partial charge in [-0.25, -0.2) is 0 Å². The summed E-state index contributed by atoms with van der Waals surface area (Å²) in [6.45, 7) is 0. The summed E-state index contributed by atoms with van der Waals surface area (Å²) in [5, 5.41) is 21.5. The SMILES string of the molecule is O=C1C[C@@H](c2ccc([N+](=O)[O-])cc2)O[C@@H](c2ccc([N+](=O)[O-])cc2)C1. The van der Waals surface area contributed by atoms with E-state index < -0.39 is 22.1 Å². The second-order valence-corrected chi connectivity index (χ2v) is 5.76. The molecule has 2 atom stereocenters. The van der Waals surface area contributed by atoms with Gasteiger partial charge < -0.3 is 4.74 Å². The van der Waals surface area contributed by atoms with E-state index in [0.29, 0.717) is 11.1 Å². The van der Waals surface area contributed by atoms with Gasteiger partial charge in [-0.1, -0.05) is 0 Å². The quantitative estimate of drug-likeness (QED) is 0.619. The van der Waals surface area contributed by atoms with Crippen molar-refractivity contribution in [2.75, 3.05) is 0 Å². The van der Waals surface area contributed by atoms with Gasteiger partial charge in [-0.15, -0.1) is 0 Å². The third-order valence-corrected chi connectivity index (χ3v) is 4.11. The molecule has 0 spiro atoms. The van der Waals surface area contributed by atoms with Crippen molar-refractivity contribution in [2.24, 2.45) is 0 Å². The Balaban J connectivity index is 1.80. The lowest BCUT2D eigenvalue weighted by Gasteiger charge is -2.29. The molecule has 0 N–H and O–H groups in total. The van der Waals surface area contributed by atoms with Crippen LogP contribution < -0.4 is 0 Å². The molecule has 1 aliphatic heterocycles. The zero-order chi connectivity index (χ0) is 18.0. The van der Waals surface area contributed by atoms with Crippen LogP contribution in [0.3, 0.4) is 0 Å². The smallest absolute Gasteiger partial charge is 0.269 e. The summed E-state index contributed by atoms with van der Waals surface area (Å²) < 4.78 is 5.97. The fourth-order valence-corrected chi connectivity index (χ4v) is 2.81. The third-order valence-electron chi connectivity index (χ3n) is 4.11. The summed E-state index contributed by atoms with van der Waals surface area (Å²) >= 11 is 0. The molecule has 0 unspecified atom stereocenters. The van der Waals surface area contributed by atoms with Gasteiger partial charge in [0.05, 0.1) is 22.1 Å². The molecule has 128 valence electrons. The summed E-state index contributed by atoms with van der Waals surface area (Å²) in [5.41, 5.74) is 1.31. The molecule has 0 radical (unpaired) electrons. The lowest BCUT2D eigenvalue weighted by molar-refractivity contribution is -0.385. The van der Waals surface area contributed by atoms with Crippen molar-refractivity contribution in [3.63, 3.8) is 0 Å². The zero-order valence-corrected chi connectivity index (χ0v) is 13.0. The van der Waals surface area contributed by atoms with Crippen molar-refractivity contribution in [3.8, 4) is 0 Å². The van der Waals surface area contributed by atoms with Gasteiger partial charge in [0.15, 0.2) is 0 Å². The highest BCUT2D eigenvalue weighted by Gasteiger charge is 2.30. The second-order valence-electron chi connectivity index (χ2n) is 5.76. The molecule has 1 saturated heterocycles. The van der Waals surface area contributed by atoms with E-state index in [1.807, 2.05) is 0 Å². The number of rotatable bonds is 4. The van der Waals surface area contributed by atoms with Crippen molar-refractivity contribution in [1.29, 1.82) is 0 Å². The van der Waals surface area contributed by atoms with E-state index in [4.69, 9.17) is 4.74 Å². The van der Waals surface area contributed by atoms with Gasteiger partial charge in [0.25, 0.3) is 11.4 Å². The number of benzene rings is 2. The van der Waals surface area contributed by atoms with Crippen LogP contribution in [0.25, 0.3) is 0 Å². The molecule has 0 aliphatic carbocycles. The summed E-state index contributed by atoms with van der Waals surface area (Å²) in [4.78, 5) is 32.6. The van der Waals surface area contributed by atoms with Gasteiger partial charge in [0.1, 0.15) is 5.78 Å². The molecule has 2 aromatic rings. The lowest BCUT2D eigenvalue weighted by atomic mass is 9.94. The summed E-state index contributed by atoms with van der Waals surface area (Å²) in [5.74, 6) is 0.0120. The van der Waals surface area contributed by atoms with E-state index in [2.05, 4.69) is 0 Å². The van der Waals surface area contributed by atoms with E-state index in [0.717, 1.165) is 0 Å². The first-order valence-corrected chi connectivity index (χ1v) is 7.60. The molecule has 0 bridgehead atoms. The topological polar surface area (TPSA) is 113 Å². The standard InChI is InChI=1S/C17H14N2O6/c20-15-9-16(11-1-5-13(6-2-11)18(21)22)25-17(10-15)12-3-7-14(8-4-12)19(23)24/h1-8,16-17H,9-10H2/t16-,17+. The molecule has 1 heterocycles. The van der Waals surface area contributed by atoms with Gasteiger partial charge in [-0.2, -0.15) is 0 Å². The maximum atomic E-state index is 12.1. The van der Waals surface area contributed by atoms with Crippen molar-refractivity contribution < 1.29 is 19.4 Å². The van der Waals surface area contributed by atoms with E-state index in [-0.39, 0.29) is 30.0 Å². The van der Waals surface area contributed by atoms with Crippen molar-refractivity contribution in [3.05, 3.63) is 79.9 Å². The Bertz CT molecular complexity index is 749. The normalized spacial score (nSPS) is 20.2. The first kappa shape index (κ1) is 16.7. The highest BCUT2D eigenvalue weighted by molar-refractivity contribution is 5.80.